The molecule has 2 aliphatic carbocycles. The SMILES string of the molecule is CC1(C)c2ccccc2-c2ccc(-c3nc(-n4c5ccccc5c5c6c(ccc54)C4(c5ccccc5O6)c5ccccc5-c5ccccc54)nc4c3sc3ccccc34)cc21. The summed E-state index contributed by atoms with van der Waals surface area (Å²) in [7, 11) is 0. The van der Waals surface area contributed by atoms with Crippen molar-refractivity contribution in [3.63, 3.8) is 0 Å². The van der Waals surface area contributed by atoms with E-state index in [0.29, 0.717) is 5.95 Å². The normalized spacial score (nSPS) is 14.8. The fraction of sp³-hybridized carbons (Fsp3) is 0.0714. The van der Waals surface area contributed by atoms with Gasteiger partial charge in [-0.05, 0) is 74.8 Å². The fourth-order valence-electron chi connectivity index (χ4n) is 11.3. The van der Waals surface area contributed by atoms with Crippen molar-refractivity contribution in [2.75, 3.05) is 0 Å². The molecule has 3 aliphatic rings. The largest absolute Gasteiger partial charge is 0.456 e. The molecular formula is C56H35N3OS. The van der Waals surface area contributed by atoms with Gasteiger partial charge >= 0.3 is 0 Å². The first-order valence-corrected chi connectivity index (χ1v) is 21.8. The third-order valence-corrected chi connectivity index (χ3v) is 15.1. The molecule has 61 heavy (non-hydrogen) atoms. The lowest BCUT2D eigenvalue weighted by Crippen LogP contribution is -2.32. The lowest BCUT2D eigenvalue weighted by Gasteiger charge is -2.39. The van der Waals surface area contributed by atoms with Crippen molar-refractivity contribution in [2.45, 2.75) is 24.7 Å². The van der Waals surface area contributed by atoms with Gasteiger partial charge in [-0.3, -0.25) is 4.57 Å². The summed E-state index contributed by atoms with van der Waals surface area (Å²) in [4.78, 5) is 11.2. The summed E-state index contributed by atoms with van der Waals surface area (Å²) in [6, 6.07) is 64.1. The Morgan fingerprint density at radius 1 is 0.508 bits per heavy atom. The quantitative estimate of drug-likeness (QED) is 0.175. The first kappa shape index (κ1) is 33.5. The number of benzene rings is 8. The Bertz CT molecular complexity index is 3690. The van der Waals surface area contributed by atoms with Crippen LogP contribution in [0, 0.1) is 0 Å². The van der Waals surface area contributed by atoms with E-state index in [2.05, 4.69) is 194 Å². The Labute approximate surface area is 356 Å². The highest BCUT2D eigenvalue weighted by atomic mass is 32.1. The minimum atomic E-state index is -0.562. The Balaban J connectivity index is 1.07. The molecule has 14 rings (SSSR count). The highest BCUT2D eigenvalue weighted by Crippen LogP contribution is 2.63. The maximum Gasteiger partial charge on any atom is 0.235 e. The molecule has 0 saturated heterocycles. The van der Waals surface area contributed by atoms with Gasteiger partial charge in [0.15, 0.2) is 0 Å². The summed E-state index contributed by atoms with van der Waals surface area (Å²) in [5.74, 6) is 2.39. The van der Waals surface area contributed by atoms with Gasteiger partial charge in [-0.25, -0.2) is 9.97 Å². The zero-order valence-corrected chi connectivity index (χ0v) is 34.2. The third-order valence-electron chi connectivity index (χ3n) is 13.9. The van der Waals surface area contributed by atoms with E-state index in [1.54, 1.807) is 11.3 Å². The highest BCUT2D eigenvalue weighted by molar-refractivity contribution is 7.26. The second-order valence-electron chi connectivity index (χ2n) is 17.2. The number of rotatable bonds is 2. The van der Waals surface area contributed by atoms with Gasteiger partial charge in [0.05, 0.1) is 37.7 Å². The van der Waals surface area contributed by atoms with Gasteiger partial charge in [0.25, 0.3) is 0 Å². The number of para-hydroxylation sites is 2. The Morgan fingerprint density at radius 3 is 1.92 bits per heavy atom. The summed E-state index contributed by atoms with van der Waals surface area (Å²) in [6.45, 7) is 4.68. The fourth-order valence-corrected chi connectivity index (χ4v) is 12.5. The lowest BCUT2D eigenvalue weighted by atomic mass is 9.66. The van der Waals surface area contributed by atoms with Gasteiger partial charge < -0.3 is 4.74 Å². The van der Waals surface area contributed by atoms with Gasteiger partial charge in [-0.15, -0.1) is 11.3 Å². The molecule has 1 aliphatic heterocycles. The first-order valence-electron chi connectivity index (χ1n) is 21.0. The first-order chi connectivity index (χ1) is 30.0. The minimum Gasteiger partial charge on any atom is -0.456 e. The lowest BCUT2D eigenvalue weighted by molar-refractivity contribution is 0.442. The van der Waals surface area contributed by atoms with Crippen LogP contribution in [0.1, 0.15) is 47.2 Å². The predicted octanol–water partition coefficient (Wildman–Crippen LogP) is 14.4. The van der Waals surface area contributed by atoms with E-state index >= 15 is 0 Å². The molecule has 286 valence electrons. The smallest absolute Gasteiger partial charge is 0.235 e. The zero-order chi connectivity index (χ0) is 40.2. The molecular weight excluding hydrogens is 763 g/mol. The number of ether oxygens (including phenoxy) is 1. The van der Waals surface area contributed by atoms with Gasteiger partial charge in [-0.2, -0.15) is 0 Å². The number of fused-ring (bicyclic) bond motifs is 19. The summed E-state index contributed by atoms with van der Waals surface area (Å²) in [6.07, 6.45) is 0. The molecule has 4 nitrogen and oxygen atoms in total. The Morgan fingerprint density at radius 2 is 1.13 bits per heavy atom. The molecule has 0 amide bonds. The Kier molecular flexibility index (Phi) is 6.42. The molecule has 8 aromatic carbocycles. The summed E-state index contributed by atoms with van der Waals surface area (Å²) in [5.41, 5.74) is 17.0. The van der Waals surface area contributed by atoms with Gasteiger partial charge in [0, 0.05) is 37.6 Å². The van der Waals surface area contributed by atoms with E-state index in [-0.39, 0.29) is 5.41 Å². The molecule has 0 saturated carbocycles. The van der Waals surface area contributed by atoms with Gasteiger partial charge in [-0.1, -0.05) is 159 Å². The number of aromatic nitrogens is 3. The topological polar surface area (TPSA) is 39.9 Å². The summed E-state index contributed by atoms with van der Waals surface area (Å²) in [5, 5.41) is 3.29. The third kappa shape index (κ3) is 4.14. The number of nitrogens with zero attached hydrogens (tertiary/aromatic N) is 3. The molecule has 5 heteroatoms. The molecule has 0 fully saturated rings. The molecule has 4 heterocycles. The van der Waals surface area contributed by atoms with Crippen LogP contribution in [0.2, 0.25) is 0 Å². The number of hydrogen-bond donors (Lipinski definition) is 0. The van der Waals surface area contributed by atoms with Crippen molar-refractivity contribution < 1.29 is 4.74 Å². The van der Waals surface area contributed by atoms with Crippen LogP contribution in [0.3, 0.4) is 0 Å². The van der Waals surface area contributed by atoms with Crippen molar-refractivity contribution in [3.05, 3.63) is 209 Å². The van der Waals surface area contributed by atoms with Gasteiger partial charge in [0.1, 0.15) is 11.5 Å². The zero-order valence-electron chi connectivity index (χ0n) is 33.4. The van der Waals surface area contributed by atoms with Crippen LogP contribution >= 0.6 is 11.3 Å². The number of thiophene rings is 1. The van der Waals surface area contributed by atoms with Crippen LogP contribution < -0.4 is 4.74 Å². The van der Waals surface area contributed by atoms with E-state index in [1.165, 1.54) is 49.2 Å². The van der Waals surface area contributed by atoms with E-state index < -0.39 is 5.41 Å². The van der Waals surface area contributed by atoms with Gasteiger partial charge in [0.2, 0.25) is 5.95 Å². The average molecular weight is 798 g/mol. The van der Waals surface area contributed by atoms with E-state index in [9.17, 15) is 0 Å². The van der Waals surface area contributed by atoms with E-state index in [1.807, 2.05) is 0 Å². The van der Waals surface area contributed by atoms with Crippen LogP contribution in [0.5, 0.6) is 11.5 Å². The summed E-state index contributed by atoms with van der Waals surface area (Å²) < 4.78 is 11.8. The second-order valence-corrected chi connectivity index (χ2v) is 18.3. The van der Waals surface area contributed by atoms with Crippen molar-refractivity contribution in [2.24, 2.45) is 0 Å². The number of hydrogen-bond acceptors (Lipinski definition) is 4. The minimum absolute atomic E-state index is 0.140. The standard InChI is InChI=1S/C56H35N3OS/c1-55(2)39-20-8-3-15-33(39)36-28-27-32(31-44(36)55)50-53-51(38-19-7-14-26-48(38)61-53)58-54(57-50)59-45-24-12-6-18-37(45)49-46(59)30-29-43-52(49)60-47-25-13-11-23-42(47)56(43)40-21-9-4-16-34(40)35-17-5-10-22-41(35)56/h3-31H,1-2H3. The second kappa shape index (κ2) is 11.7. The maximum atomic E-state index is 7.21. The Hall–Kier alpha value is -7.34. The van der Waals surface area contributed by atoms with Crippen molar-refractivity contribution in [1.82, 2.24) is 14.5 Å². The van der Waals surface area contributed by atoms with Crippen LogP contribution in [-0.4, -0.2) is 14.5 Å². The molecule has 0 unspecified atom stereocenters. The van der Waals surface area contributed by atoms with Crippen molar-refractivity contribution >= 4 is 53.4 Å². The molecule has 0 radical (unpaired) electrons. The molecule has 1 spiro atoms. The summed E-state index contributed by atoms with van der Waals surface area (Å²) >= 11 is 1.77. The van der Waals surface area contributed by atoms with Crippen molar-refractivity contribution in [3.8, 4) is 51.0 Å². The predicted molar refractivity (Wildman–Crippen MR) is 250 cm³/mol. The van der Waals surface area contributed by atoms with Crippen LogP contribution in [0.15, 0.2) is 176 Å². The molecule has 3 aromatic heterocycles. The average Bonchev–Trinajstić information content (AvgIpc) is 4.01. The van der Waals surface area contributed by atoms with Crippen LogP contribution in [0.4, 0.5) is 0 Å². The molecule has 0 N–H and O–H groups in total. The van der Waals surface area contributed by atoms with E-state index in [4.69, 9.17) is 14.7 Å². The van der Waals surface area contributed by atoms with E-state index in [0.717, 1.165) is 71.3 Å². The van der Waals surface area contributed by atoms with Crippen molar-refractivity contribution in [1.29, 1.82) is 0 Å². The molecule has 11 aromatic rings. The van der Waals surface area contributed by atoms with Crippen LogP contribution in [-0.2, 0) is 10.8 Å². The maximum absolute atomic E-state index is 7.21. The molecule has 0 atom stereocenters. The monoisotopic (exact) mass is 797 g/mol. The highest BCUT2D eigenvalue weighted by Gasteiger charge is 2.51. The molecule has 0 bridgehead atoms. The van der Waals surface area contributed by atoms with Crippen LogP contribution in [0.25, 0.3) is 81.6 Å².